The van der Waals surface area contributed by atoms with Gasteiger partial charge in [0.05, 0.1) is 4.90 Å². The van der Waals surface area contributed by atoms with E-state index in [0.29, 0.717) is 11.5 Å². The lowest BCUT2D eigenvalue weighted by atomic mass is 9.87. The molecule has 0 radical (unpaired) electrons. The Morgan fingerprint density at radius 2 is 1.64 bits per heavy atom. The lowest BCUT2D eigenvalue weighted by Gasteiger charge is -2.20. The lowest BCUT2D eigenvalue weighted by molar-refractivity contribution is 0.174. The van der Waals surface area contributed by atoms with Crippen LogP contribution in [0.3, 0.4) is 0 Å². The maximum Gasteiger partial charge on any atom is 0.241 e. The summed E-state index contributed by atoms with van der Waals surface area (Å²) in [5, 5.41) is 0. The molecule has 6 heteroatoms. The van der Waals surface area contributed by atoms with E-state index in [4.69, 9.17) is 9.47 Å². The molecule has 2 aromatic carbocycles. The highest BCUT2D eigenvalue weighted by atomic mass is 32.2. The number of hydrogen-bond acceptors (Lipinski definition) is 4. The van der Waals surface area contributed by atoms with Crippen molar-refractivity contribution in [3.8, 4) is 11.5 Å². The molecule has 5 nitrogen and oxygen atoms in total. The Morgan fingerprint density at radius 3 is 2.28 bits per heavy atom. The first kappa shape index (κ1) is 17.8. The quantitative estimate of drug-likeness (QED) is 0.901. The van der Waals surface area contributed by atoms with Crippen LogP contribution in [0.25, 0.3) is 0 Å². The largest absolute Gasteiger partial charge is 0.454 e. The van der Waals surface area contributed by atoms with Crippen molar-refractivity contribution in [3.63, 3.8) is 0 Å². The molecule has 0 aromatic heterocycles. The molecular formula is C19H23NO4S. The minimum Gasteiger partial charge on any atom is -0.454 e. The molecule has 0 aliphatic carbocycles. The van der Waals surface area contributed by atoms with Gasteiger partial charge in [0, 0.05) is 6.04 Å². The van der Waals surface area contributed by atoms with Crippen LogP contribution < -0.4 is 14.2 Å². The summed E-state index contributed by atoms with van der Waals surface area (Å²) < 4.78 is 38.6. The van der Waals surface area contributed by atoms with Crippen LogP contribution in [0.4, 0.5) is 0 Å². The summed E-state index contributed by atoms with van der Waals surface area (Å²) in [6, 6.07) is 12.1. The highest BCUT2D eigenvalue weighted by Crippen LogP contribution is 2.34. The predicted molar refractivity (Wildman–Crippen MR) is 96.4 cm³/mol. The van der Waals surface area contributed by atoms with Crippen LogP contribution in [0.1, 0.15) is 44.9 Å². The number of rotatable bonds is 4. The molecule has 134 valence electrons. The highest BCUT2D eigenvalue weighted by molar-refractivity contribution is 7.89. The molecule has 1 atom stereocenters. The van der Waals surface area contributed by atoms with E-state index in [1.165, 1.54) is 0 Å². The molecule has 25 heavy (non-hydrogen) atoms. The fourth-order valence-electron chi connectivity index (χ4n) is 2.69. The zero-order chi connectivity index (χ0) is 18.2. The van der Waals surface area contributed by atoms with Crippen LogP contribution in [0, 0.1) is 0 Å². The SMILES string of the molecule is CC(NS(=O)(=O)c1ccc(C(C)(C)C)cc1)c1ccc2c(c1)OCO2. The molecular weight excluding hydrogens is 338 g/mol. The van der Waals surface area contributed by atoms with Gasteiger partial charge >= 0.3 is 0 Å². The lowest BCUT2D eigenvalue weighted by Crippen LogP contribution is -2.27. The highest BCUT2D eigenvalue weighted by Gasteiger charge is 2.22. The topological polar surface area (TPSA) is 64.6 Å². The summed E-state index contributed by atoms with van der Waals surface area (Å²) >= 11 is 0. The van der Waals surface area contributed by atoms with E-state index >= 15 is 0 Å². The van der Waals surface area contributed by atoms with Gasteiger partial charge in [-0.05, 0) is 47.7 Å². The van der Waals surface area contributed by atoms with E-state index in [-0.39, 0.29) is 23.1 Å². The van der Waals surface area contributed by atoms with Crippen LogP contribution in [0.5, 0.6) is 11.5 Å². The number of hydrogen-bond donors (Lipinski definition) is 1. The molecule has 1 aliphatic rings. The second-order valence-corrected chi connectivity index (χ2v) is 8.94. The van der Waals surface area contributed by atoms with Gasteiger partial charge in [-0.15, -0.1) is 0 Å². The molecule has 1 unspecified atom stereocenters. The van der Waals surface area contributed by atoms with Crippen LogP contribution >= 0.6 is 0 Å². The average molecular weight is 361 g/mol. The first-order chi connectivity index (χ1) is 11.7. The standard InChI is InChI=1S/C19H23NO4S/c1-13(14-5-10-17-18(11-14)24-12-23-17)20-25(21,22)16-8-6-15(7-9-16)19(2,3)4/h5-11,13,20H,12H2,1-4H3. The average Bonchev–Trinajstić information content (AvgIpc) is 3.01. The first-order valence-corrected chi connectivity index (χ1v) is 9.67. The number of nitrogens with one attached hydrogen (secondary N) is 1. The van der Waals surface area contributed by atoms with Gasteiger partial charge < -0.3 is 9.47 Å². The molecule has 1 heterocycles. The molecule has 0 fully saturated rings. The van der Waals surface area contributed by atoms with Gasteiger partial charge in [-0.25, -0.2) is 13.1 Å². The van der Waals surface area contributed by atoms with Crippen LogP contribution in [-0.4, -0.2) is 15.2 Å². The van der Waals surface area contributed by atoms with Gasteiger partial charge in [0.1, 0.15) is 0 Å². The Kier molecular flexibility index (Phi) is 4.51. The van der Waals surface area contributed by atoms with Gasteiger partial charge in [-0.3, -0.25) is 0 Å². The van der Waals surface area contributed by atoms with E-state index in [1.807, 2.05) is 18.2 Å². The molecule has 0 bridgehead atoms. The fraction of sp³-hybridized carbons (Fsp3) is 0.368. The summed E-state index contributed by atoms with van der Waals surface area (Å²) in [7, 11) is -3.61. The maximum atomic E-state index is 12.6. The summed E-state index contributed by atoms with van der Waals surface area (Å²) in [5.41, 5.74) is 1.89. The number of benzene rings is 2. The Bertz CT molecular complexity index is 867. The molecule has 0 saturated carbocycles. The molecule has 0 spiro atoms. The van der Waals surface area contributed by atoms with E-state index in [2.05, 4.69) is 25.5 Å². The van der Waals surface area contributed by atoms with Crippen molar-refractivity contribution in [3.05, 3.63) is 53.6 Å². The van der Waals surface area contributed by atoms with Gasteiger partial charge in [0.2, 0.25) is 16.8 Å². The van der Waals surface area contributed by atoms with Crippen molar-refractivity contribution in [2.75, 3.05) is 6.79 Å². The zero-order valence-electron chi connectivity index (χ0n) is 14.9. The Hall–Kier alpha value is -2.05. The molecule has 0 amide bonds. The van der Waals surface area contributed by atoms with Crippen molar-refractivity contribution < 1.29 is 17.9 Å². The zero-order valence-corrected chi connectivity index (χ0v) is 15.7. The summed E-state index contributed by atoms with van der Waals surface area (Å²) in [5.74, 6) is 1.31. The van der Waals surface area contributed by atoms with Crippen molar-refractivity contribution in [1.82, 2.24) is 4.72 Å². The Morgan fingerprint density at radius 1 is 1.00 bits per heavy atom. The van der Waals surface area contributed by atoms with Gasteiger partial charge in [-0.2, -0.15) is 0 Å². The third-order valence-electron chi connectivity index (χ3n) is 4.26. The minimum atomic E-state index is -3.61. The third kappa shape index (κ3) is 3.80. The minimum absolute atomic E-state index is 0.0184. The van der Waals surface area contributed by atoms with E-state index < -0.39 is 10.0 Å². The van der Waals surface area contributed by atoms with Crippen molar-refractivity contribution in [1.29, 1.82) is 0 Å². The number of ether oxygens (including phenoxy) is 2. The van der Waals surface area contributed by atoms with Crippen molar-refractivity contribution in [2.45, 2.75) is 44.0 Å². The van der Waals surface area contributed by atoms with E-state index in [1.54, 1.807) is 31.2 Å². The third-order valence-corrected chi connectivity index (χ3v) is 5.82. The second kappa shape index (κ2) is 6.35. The van der Waals surface area contributed by atoms with Gasteiger partial charge in [0.15, 0.2) is 11.5 Å². The van der Waals surface area contributed by atoms with Crippen molar-refractivity contribution in [2.24, 2.45) is 0 Å². The smallest absolute Gasteiger partial charge is 0.241 e. The second-order valence-electron chi connectivity index (χ2n) is 7.23. The first-order valence-electron chi connectivity index (χ1n) is 8.19. The fourth-order valence-corrected chi connectivity index (χ4v) is 3.92. The summed E-state index contributed by atoms with van der Waals surface area (Å²) in [6.45, 7) is 8.28. The monoisotopic (exact) mass is 361 g/mol. The van der Waals surface area contributed by atoms with Gasteiger partial charge in [-0.1, -0.05) is 39.0 Å². The summed E-state index contributed by atoms with van der Waals surface area (Å²) in [4.78, 5) is 0.257. The van der Waals surface area contributed by atoms with Crippen molar-refractivity contribution >= 4 is 10.0 Å². The number of fused-ring (bicyclic) bond motifs is 1. The van der Waals surface area contributed by atoms with Crippen LogP contribution in [0.15, 0.2) is 47.4 Å². The van der Waals surface area contributed by atoms with Crippen LogP contribution in [-0.2, 0) is 15.4 Å². The van der Waals surface area contributed by atoms with Crippen LogP contribution in [0.2, 0.25) is 0 Å². The Labute approximate surface area is 149 Å². The molecule has 2 aromatic rings. The predicted octanol–water partition coefficient (Wildman–Crippen LogP) is 3.75. The maximum absolute atomic E-state index is 12.6. The number of sulfonamides is 1. The van der Waals surface area contributed by atoms with E-state index in [9.17, 15) is 8.42 Å². The molecule has 3 rings (SSSR count). The van der Waals surface area contributed by atoms with Gasteiger partial charge in [0.25, 0.3) is 0 Å². The summed E-state index contributed by atoms with van der Waals surface area (Å²) in [6.07, 6.45) is 0. The molecule has 1 aliphatic heterocycles. The normalized spacial score (nSPS) is 15.2. The molecule has 0 saturated heterocycles. The van der Waals surface area contributed by atoms with E-state index in [0.717, 1.165) is 11.1 Å². The Balaban J connectivity index is 1.79. The molecule has 1 N–H and O–H groups in total.